The number of carboxylic acid groups (broad SMARTS) is 2. The van der Waals surface area contributed by atoms with Gasteiger partial charge in [-0.2, -0.15) is 0 Å². The smallest absolute Gasteiger partial charge is 0.414 e. The molecule has 1 aliphatic heterocycles. The molecule has 0 unspecified atom stereocenters. The predicted molar refractivity (Wildman–Crippen MR) is 69.3 cm³/mol. The maximum absolute atomic E-state index is 9.10. The summed E-state index contributed by atoms with van der Waals surface area (Å²) >= 11 is 0. The molecule has 0 aromatic heterocycles. The van der Waals surface area contributed by atoms with E-state index in [0.717, 1.165) is 6.54 Å². The summed E-state index contributed by atoms with van der Waals surface area (Å²) in [5.74, 6) is -3.65. The molecule has 1 aliphatic rings. The molecule has 0 saturated carbocycles. The number of carbonyl (C=O) groups is 2. The van der Waals surface area contributed by atoms with Crippen LogP contribution in [-0.4, -0.2) is 40.1 Å². The number of hydrogen-bond donors (Lipinski definition) is 2. The van der Waals surface area contributed by atoms with Crippen molar-refractivity contribution in [1.29, 1.82) is 0 Å². The van der Waals surface area contributed by atoms with Crippen LogP contribution in [0.1, 0.15) is 32.6 Å². The van der Waals surface area contributed by atoms with Crippen molar-refractivity contribution in [3.05, 3.63) is 24.4 Å². The number of hydrogen-bond acceptors (Lipinski definition) is 3. The van der Waals surface area contributed by atoms with Gasteiger partial charge < -0.3 is 15.1 Å². The summed E-state index contributed by atoms with van der Waals surface area (Å²) in [4.78, 5) is 20.6. The summed E-state index contributed by atoms with van der Waals surface area (Å²) in [6.45, 7) is 4.58. The Kier molecular flexibility index (Phi) is 9.35. The van der Waals surface area contributed by atoms with Crippen LogP contribution in [0.2, 0.25) is 0 Å². The lowest BCUT2D eigenvalue weighted by Crippen LogP contribution is -2.19. The molecule has 102 valence electrons. The molecule has 1 rings (SSSR count). The zero-order valence-corrected chi connectivity index (χ0v) is 10.7. The van der Waals surface area contributed by atoms with Crippen molar-refractivity contribution in [3.63, 3.8) is 0 Å². The van der Waals surface area contributed by atoms with Crippen LogP contribution < -0.4 is 0 Å². The van der Waals surface area contributed by atoms with Gasteiger partial charge in [-0.25, -0.2) is 9.59 Å². The van der Waals surface area contributed by atoms with Gasteiger partial charge in [0.25, 0.3) is 0 Å². The van der Waals surface area contributed by atoms with Crippen molar-refractivity contribution in [1.82, 2.24) is 4.90 Å². The van der Waals surface area contributed by atoms with Crippen LogP contribution in [-0.2, 0) is 9.59 Å². The van der Waals surface area contributed by atoms with Crippen LogP contribution in [0.15, 0.2) is 24.4 Å². The molecule has 0 aliphatic carbocycles. The average Bonchev–Trinajstić information content (AvgIpc) is 2.36. The highest BCUT2D eigenvalue weighted by atomic mass is 16.4. The Morgan fingerprint density at radius 2 is 1.78 bits per heavy atom. The zero-order valence-electron chi connectivity index (χ0n) is 10.7. The highest BCUT2D eigenvalue weighted by Crippen LogP contribution is 2.04. The van der Waals surface area contributed by atoms with Crippen LogP contribution in [0, 0.1) is 0 Å². The van der Waals surface area contributed by atoms with E-state index < -0.39 is 11.9 Å². The summed E-state index contributed by atoms with van der Waals surface area (Å²) in [7, 11) is 0. The lowest BCUT2D eigenvalue weighted by Gasteiger charge is -2.19. The molecule has 0 saturated heterocycles. The standard InChI is InChI=1S/C11H19N.C2H2O4/c1-2-3-4-6-9-12-10-7-5-8-11-12;3-1(4)2(5)6/h5,7-8,10H,2-4,6,9,11H2,1H3;(H,3,4)(H,5,6). The molecule has 0 bridgehead atoms. The third-order valence-corrected chi connectivity index (χ3v) is 2.37. The van der Waals surface area contributed by atoms with E-state index in [1.165, 1.54) is 32.2 Å². The number of rotatable bonds is 5. The van der Waals surface area contributed by atoms with Gasteiger partial charge in [0.2, 0.25) is 0 Å². The second-order valence-corrected chi connectivity index (χ2v) is 3.94. The minimum atomic E-state index is -1.82. The highest BCUT2D eigenvalue weighted by molar-refractivity contribution is 6.27. The molecule has 0 amide bonds. The Morgan fingerprint density at radius 1 is 1.11 bits per heavy atom. The molecule has 0 aromatic rings. The number of allylic oxidation sites excluding steroid dienone is 2. The topological polar surface area (TPSA) is 77.8 Å². The van der Waals surface area contributed by atoms with E-state index in [4.69, 9.17) is 19.8 Å². The largest absolute Gasteiger partial charge is 0.473 e. The molecular weight excluding hydrogens is 234 g/mol. The van der Waals surface area contributed by atoms with E-state index in [-0.39, 0.29) is 0 Å². The van der Waals surface area contributed by atoms with Gasteiger partial charge in [0, 0.05) is 13.1 Å². The Bertz CT molecular complexity index is 298. The van der Waals surface area contributed by atoms with Crippen molar-refractivity contribution in [3.8, 4) is 0 Å². The van der Waals surface area contributed by atoms with Gasteiger partial charge in [-0.3, -0.25) is 0 Å². The van der Waals surface area contributed by atoms with Gasteiger partial charge in [0.1, 0.15) is 0 Å². The molecule has 18 heavy (non-hydrogen) atoms. The van der Waals surface area contributed by atoms with Crippen molar-refractivity contribution < 1.29 is 19.8 Å². The minimum Gasteiger partial charge on any atom is -0.473 e. The van der Waals surface area contributed by atoms with Crippen molar-refractivity contribution >= 4 is 11.9 Å². The Morgan fingerprint density at radius 3 is 2.22 bits per heavy atom. The first kappa shape index (κ1) is 16.2. The fourth-order valence-electron chi connectivity index (χ4n) is 1.41. The van der Waals surface area contributed by atoms with E-state index >= 15 is 0 Å². The van der Waals surface area contributed by atoms with Crippen molar-refractivity contribution in [2.45, 2.75) is 32.6 Å². The van der Waals surface area contributed by atoms with Crippen molar-refractivity contribution in [2.24, 2.45) is 0 Å². The highest BCUT2D eigenvalue weighted by Gasteiger charge is 2.04. The Labute approximate surface area is 107 Å². The normalized spacial score (nSPS) is 12.8. The van der Waals surface area contributed by atoms with Gasteiger partial charge >= 0.3 is 11.9 Å². The second-order valence-electron chi connectivity index (χ2n) is 3.94. The van der Waals surface area contributed by atoms with Gasteiger partial charge in [-0.15, -0.1) is 0 Å². The average molecular weight is 255 g/mol. The molecule has 5 nitrogen and oxygen atoms in total. The first-order valence-electron chi connectivity index (χ1n) is 6.11. The fraction of sp³-hybridized carbons (Fsp3) is 0.538. The van der Waals surface area contributed by atoms with E-state index in [1.54, 1.807) is 0 Å². The second kappa shape index (κ2) is 10.4. The Balaban J connectivity index is 0.000000411. The number of unbranched alkanes of at least 4 members (excludes halogenated alkanes) is 3. The third kappa shape index (κ3) is 9.45. The molecule has 0 spiro atoms. The molecule has 1 heterocycles. The zero-order chi connectivity index (χ0) is 13.8. The molecule has 5 heteroatoms. The van der Waals surface area contributed by atoms with Crippen LogP contribution in [0.25, 0.3) is 0 Å². The number of aliphatic carboxylic acids is 2. The van der Waals surface area contributed by atoms with Crippen LogP contribution in [0.3, 0.4) is 0 Å². The molecule has 0 atom stereocenters. The number of carboxylic acids is 2. The maximum atomic E-state index is 9.10. The summed E-state index contributed by atoms with van der Waals surface area (Å²) < 4.78 is 0. The first-order chi connectivity index (χ1) is 8.57. The van der Waals surface area contributed by atoms with E-state index in [1.807, 2.05) is 0 Å². The summed E-state index contributed by atoms with van der Waals surface area (Å²) in [5.41, 5.74) is 0. The molecule has 0 aromatic carbocycles. The lowest BCUT2D eigenvalue weighted by atomic mass is 10.2. The van der Waals surface area contributed by atoms with E-state index in [9.17, 15) is 0 Å². The maximum Gasteiger partial charge on any atom is 0.414 e. The van der Waals surface area contributed by atoms with Crippen molar-refractivity contribution in [2.75, 3.05) is 13.1 Å². The van der Waals surface area contributed by atoms with Gasteiger partial charge in [-0.05, 0) is 18.7 Å². The fourth-order valence-corrected chi connectivity index (χ4v) is 1.41. The molecule has 0 radical (unpaired) electrons. The molecular formula is C13H21NO4. The third-order valence-electron chi connectivity index (χ3n) is 2.37. The van der Waals surface area contributed by atoms with Gasteiger partial charge in [0.15, 0.2) is 0 Å². The lowest BCUT2D eigenvalue weighted by molar-refractivity contribution is -0.159. The monoisotopic (exact) mass is 255 g/mol. The van der Waals surface area contributed by atoms with E-state index in [0.29, 0.717) is 0 Å². The van der Waals surface area contributed by atoms with Crippen LogP contribution in [0.5, 0.6) is 0 Å². The summed E-state index contributed by atoms with van der Waals surface area (Å²) in [5, 5.41) is 14.8. The summed E-state index contributed by atoms with van der Waals surface area (Å²) in [6.07, 6.45) is 14.1. The molecule has 0 fully saturated rings. The first-order valence-corrected chi connectivity index (χ1v) is 6.11. The quantitative estimate of drug-likeness (QED) is 0.581. The number of nitrogens with zero attached hydrogens (tertiary/aromatic N) is 1. The Hall–Kier alpha value is -1.78. The minimum absolute atomic E-state index is 1.10. The van der Waals surface area contributed by atoms with Crippen LogP contribution >= 0.6 is 0 Å². The van der Waals surface area contributed by atoms with Gasteiger partial charge in [0.05, 0.1) is 0 Å². The van der Waals surface area contributed by atoms with Gasteiger partial charge in [-0.1, -0.05) is 38.3 Å². The van der Waals surface area contributed by atoms with Crippen LogP contribution in [0.4, 0.5) is 0 Å². The SMILES string of the molecule is CCCCCCN1C=CC=CC1.O=C(O)C(=O)O. The molecule has 2 N–H and O–H groups in total. The van der Waals surface area contributed by atoms with E-state index in [2.05, 4.69) is 36.3 Å². The predicted octanol–water partition coefficient (Wildman–Crippen LogP) is 2.11. The summed E-state index contributed by atoms with van der Waals surface area (Å²) in [6, 6.07) is 0.